The van der Waals surface area contributed by atoms with E-state index in [-0.39, 0.29) is 0 Å². The normalized spacial score (nSPS) is 15.0. The van der Waals surface area contributed by atoms with Crippen molar-refractivity contribution in [1.82, 2.24) is 14.5 Å². The molecule has 0 unspecified atom stereocenters. The summed E-state index contributed by atoms with van der Waals surface area (Å²) in [5.41, 5.74) is 8.64. The second-order valence-electron chi connectivity index (χ2n) is 5.33. The highest BCUT2D eigenvalue weighted by Gasteiger charge is 2.29. The molecule has 1 fully saturated rings. The number of nitrogens with two attached hydrogens (primary N) is 1. The third kappa shape index (κ3) is 2.35. The molecule has 108 valence electrons. The molecular weight excluding hydrogens is 304 g/mol. The zero-order chi connectivity index (χ0) is 14.4. The van der Waals surface area contributed by atoms with E-state index in [0.717, 1.165) is 39.0 Å². The van der Waals surface area contributed by atoms with Gasteiger partial charge in [-0.25, -0.2) is 9.97 Å². The summed E-state index contributed by atoms with van der Waals surface area (Å²) < 4.78 is 2.29. The fourth-order valence-electron chi connectivity index (χ4n) is 2.60. The van der Waals surface area contributed by atoms with Crippen molar-refractivity contribution in [3.63, 3.8) is 0 Å². The summed E-state index contributed by atoms with van der Waals surface area (Å²) >= 11 is 7.80. The molecule has 6 heteroatoms. The van der Waals surface area contributed by atoms with Crippen molar-refractivity contribution in [3.8, 4) is 11.5 Å². The van der Waals surface area contributed by atoms with Gasteiger partial charge in [0.2, 0.25) is 0 Å². The van der Waals surface area contributed by atoms with E-state index in [9.17, 15) is 0 Å². The van der Waals surface area contributed by atoms with Crippen molar-refractivity contribution in [1.29, 1.82) is 0 Å². The van der Waals surface area contributed by atoms with Crippen LogP contribution >= 0.6 is 22.9 Å². The van der Waals surface area contributed by atoms with Gasteiger partial charge in [-0.3, -0.25) is 0 Å². The molecule has 0 aliphatic heterocycles. The van der Waals surface area contributed by atoms with Crippen LogP contribution < -0.4 is 5.73 Å². The summed E-state index contributed by atoms with van der Waals surface area (Å²) in [6.45, 7) is 0.627. The molecule has 3 aromatic rings. The second kappa shape index (κ2) is 5.09. The molecule has 1 saturated carbocycles. The number of hydrogen-bond donors (Lipinski definition) is 1. The summed E-state index contributed by atoms with van der Waals surface area (Å²) in [7, 11) is 0. The van der Waals surface area contributed by atoms with Crippen LogP contribution in [0.25, 0.3) is 22.6 Å². The van der Waals surface area contributed by atoms with Crippen molar-refractivity contribution in [3.05, 3.63) is 33.6 Å². The molecular formula is C15H15ClN4S. The smallest absolute Gasteiger partial charge is 0.160 e. The number of fused-ring (bicyclic) bond motifs is 1. The molecule has 0 radical (unpaired) electrons. The predicted molar refractivity (Wildman–Crippen MR) is 86.9 cm³/mol. The van der Waals surface area contributed by atoms with Crippen molar-refractivity contribution in [2.24, 2.45) is 5.73 Å². The zero-order valence-corrected chi connectivity index (χ0v) is 13.0. The second-order valence-corrected chi connectivity index (χ2v) is 6.71. The maximum atomic E-state index is 6.15. The molecule has 0 amide bonds. The zero-order valence-electron chi connectivity index (χ0n) is 11.4. The van der Waals surface area contributed by atoms with Crippen LogP contribution in [0, 0.1) is 0 Å². The molecule has 21 heavy (non-hydrogen) atoms. The third-order valence-corrected chi connectivity index (χ3v) is 4.85. The Labute approximate surface area is 131 Å². The maximum Gasteiger partial charge on any atom is 0.160 e. The van der Waals surface area contributed by atoms with Gasteiger partial charge in [0.25, 0.3) is 0 Å². The number of rotatable bonds is 4. The highest BCUT2D eigenvalue weighted by Crippen LogP contribution is 2.41. The number of aromatic nitrogens is 3. The standard InChI is InChI=1S/C15H15ClN4S/c16-9-1-4-11-13(7-9)20(10-2-3-10)15(19-11)12-8-21-14(18-12)5-6-17/h1,4,7-8,10H,2-3,5-6,17H2. The predicted octanol–water partition coefficient (Wildman–Crippen LogP) is 3.65. The topological polar surface area (TPSA) is 56.7 Å². The molecule has 2 N–H and O–H groups in total. The van der Waals surface area contributed by atoms with Crippen LogP contribution in [0.15, 0.2) is 23.6 Å². The van der Waals surface area contributed by atoms with Crippen LogP contribution in [0.2, 0.25) is 5.02 Å². The van der Waals surface area contributed by atoms with Gasteiger partial charge in [0.05, 0.1) is 16.0 Å². The first-order chi connectivity index (χ1) is 10.3. The van der Waals surface area contributed by atoms with Crippen molar-refractivity contribution < 1.29 is 0 Å². The van der Waals surface area contributed by atoms with Crippen LogP contribution in [0.1, 0.15) is 23.9 Å². The molecule has 2 heterocycles. The molecule has 1 aromatic carbocycles. The number of hydrogen-bond acceptors (Lipinski definition) is 4. The first kappa shape index (κ1) is 13.2. The largest absolute Gasteiger partial charge is 0.330 e. The van der Waals surface area contributed by atoms with Crippen LogP contribution in [0.3, 0.4) is 0 Å². The highest BCUT2D eigenvalue weighted by molar-refractivity contribution is 7.09. The maximum absolute atomic E-state index is 6.15. The average molecular weight is 319 g/mol. The SMILES string of the molecule is NCCc1nc(-c2nc3ccc(Cl)cc3n2C2CC2)cs1. The first-order valence-electron chi connectivity index (χ1n) is 7.08. The van der Waals surface area contributed by atoms with E-state index in [0.29, 0.717) is 12.6 Å². The minimum absolute atomic E-state index is 0.531. The van der Waals surface area contributed by atoms with Gasteiger partial charge in [-0.2, -0.15) is 0 Å². The fraction of sp³-hybridized carbons (Fsp3) is 0.333. The molecule has 1 aliphatic rings. The molecule has 0 saturated heterocycles. The monoisotopic (exact) mass is 318 g/mol. The minimum Gasteiger partial charge on any atom is -0.330 e. The van der Waals surface area contributed by atoms with Gasteiger partial charge in [0.1, 0.15) is 5.69 Å². The first-order valence-corrected chi connectivity index (χ1v) is 8.34. The lowest BCUT2D eigenvalue weighted by Crippen LogP contribution is -2.02. The van der Waals surface area contributed by atoms with Crippen LogP contribution in [-0.4, -0.2) is 21.1 Å². The van der Waals surface area contributed by atoms with E-state index < -0.39 is 0 Å². The third-order valence-electron chi connectivity index (χ3n) is 3.70. The average Bonchev–Trinajstić information content (AvgIpc) is 3.08. The summed E-state index contributed by atoms with van der Waals surface area (Å²) in [5, 5.41) is 3.89. The van der Waals surface area contributed by atoms with E-state index in [1.54, 1.807) is 11.3 Å². The number of halogens is 1. The van der Waals surface area contributed by atoms with E-state index in [1.165, 1.54) is 12.8 Å². The Kier molecular flexibility index (Phi) is 3.21. The molecule has 0 spiro atoms. The van der Waals surface area contributed by atoms with E-state index in [1.807, 2.05) is 18.2 Å². The summed E-state index contributed by atoms with van der Waals surface area (Å²) in [5.74, 6) is 0.953. The van der Waals surface area contributed by atoms with E-state index >= 15 is 0 Å². The number of imidazole rings is 1. The highest BCUT2D eigenvalue weighted by atomic mass is 35.5. The molecule has 0 atom stereocenters. The number of nitrogens with zero attached hydrogens (tertiary/aromatic N) is 3. The quantitative estimate of drug-likeness (QED) is 0.799. The Balaban J connectivity index is 1.88. The fourth-order valence-corrected chi connectivity index (χ4v) is 3.56. The lowest BCUT2D eigenvalue weighted by Gasteiger charge is -2.05. The molecule has 4 rings (SSSR count). The van der Waals surface area contributed by atoms with Crippen LogP contribution in [0.4, 0.5) is 0 Å². The minimum atomic E-state index is 0.531. The number of thiazole rings is 1. The van der Waals surface area contributed by atoms with Gasteiger partial charge in [-0.1, -0.05) is 11.6 Å². The summed E-state index contributed by atoms with van der Waals surface area (Å²) in [4.78, 5) is 9.46. The number of benzene rings is 1. The van der Waals surface area contributed by atoms with E-state index in [2.05, 4.69) is 14.9 Å². The van der Waals surface area contributed by atoms with Gasteiger partial charge >= 0.3 is 0 Å². The molecule has 4 nitrogen and oxygen atoms in total. The van der Waals surface area contributed by atoms with Gasteiger partial charge in [-0.05, 0) is 37.6 Å². The molecule has 0 bridgehead atoms. The van der Waals surface area contributed by atoms with Gasteiger partial charge in [0, 0.05) is 22.9 Å². The van der Waals surface area contributed by atoms with Crippen LogP contribution in [0.5, 0.6) is 0 Å². The Morgan fingerprint density at radius 1 is 1.33 bits per heavy atom. The van der Waals surface area contributed by atoms with Gasteiger partial charge in [0.15, 0.2) is 5.82 Å². The molecule has 2 aromatic heterocycles. The Morgan fingerprint density at radius 2 is 2.19 bits per heavy atom. The molecule has 1 aliphatic carbocycles. The van der Waals surface area contributed by atoms with Crippen molar-refractivity contribution in [2.75, 3.05) is 6.54 Å². The van der Waals surface area contributed by atoms with Crippen molar-refractivity contribution in [2.45, 2.75) is 25.3 Å². The lowest BCUT2D eigenvalue weighted by atomic mass is 10.3. The van der Waals surface area contributed by atoms with Gasteiger partial charge in [-0.15, -0.1) is 11.3 Å². The Morgan fingerprint density at radius 3 is 2.95 bits per heavy atom. The lowest BCUT2D eigenvalue weighted by molar-refractivity contribution is 0.772. The van der Waals surface area contributed by atoms with E-state index in [4.69, 9.17) is 22.3 Å². The van der Waals surface area contributed by atoms with Crippen LogP contribution in [-0.2, 0) is 6.42 Å². The summed E-state index contributed by atoms with van der Waals surface area (Å²) in [6.07, 6.45) is 3.22. The Hall–Kier alpha value is -1.43. The Bertz CT molecular complexity index is 803. The van der Waals surface area contributed by atoms with Crippen molar-refractivity contribution >= 4 is 34.0 Å². The van der Waals surface area contributed by atoms with Gasteiger partial charge < -0.3 is 10.3 Å². The summed E-state index contributed by atoms with van der Waals surface area (Å²) in [6, 6.07) is 6.40.